The molecule has 0 aliphatic carbocycles. The third kappa shape index (κ3) is 4.39. The van der Waals surface area contributed by atoms with Gasteiger partial charge in [-0.1, -0.05) is 0 Å². The molecule has 1 fully saturated rings. The Balaban J connectivity index is 1.37. The number of imidazole rings is 1. The Labute approximate surface area is 171 Å². The maximum Gasteiger partial charge on any atom is 0.261 e. The fourth-order valence-electron chi connectivity index (χ4n) is 3.64. The molecule has 0 spiro atoms. The Morgan fingerprint density at radius 1 is 1.45 bits per heavy atom. The smallest absolute Gasteiger partial charge is 0.261 e. The van der Waals surface area contributed by atoms with Crippen LogP contribution in [0.15, 0.2) is 29.3 Å². The topological polar surface area (TPSA) is 106 Å². The molecule has 150 valence electrons. The minimum atomic E-state index is -0.423. The van der Waals surface area contributed by atoms with Crippen molar-refractivity contribution >= 4 is 22.2 Å². The molecule has 1 saturated heterocycles. The Bertz CT molecular complexity index is 1110. The fraction of sp³-hybridized carbons (Fsp3) is 0.400. The van der Waals surface area contributed by atoms with E-state index in [9.17, 15) is 9.59 Å². The Morgan fingerprint density at radius 2 is 2.31 bits per heavy atom. The highest BCUT2D eigenvalue weighted by Gasteiger charge is 2.20. The lowest BCUT2D eigenvalue weighted by atomic mass is 9.99. The summed E-state index contributed by atoms with van der Waals surface area (Å²) in [7, 11) is 0. The zero-order valence-corrected chi connectivity index (χ0v) is 17.0. The number of piperidine rings is 1. The van der Waals surface area contributed by atoms with E-state index in [1.54, 1.807) is 23.5 Å². The number of H-pyrrole nitrogens is 1. The highest BCUT2D eigenvalue weighted by molar-refractivity contribution is 7.16. The van der Waals surface area contributed by atoms with Gasteiger partial charge in [0.25, 0.3) is 11.5 Å². The molecule has 1 aliphatic rings. The van der Waals surface area contributed by atoms with Gasteiger partial charge in [-0.3, -0.25) is 18.9 Å². The summed E-state index contributed by atoms with van der Waals surface area (Å²) in [5, 5.41) is 11.9. The molecule has 1 amide bonds. The summed E-state index contributed by atoms with van der Waals surface area (Å²) >= 11 is 1.59. The maximum absolute atomic E-state index is 12.4. The van der Waals surface area contributed by atoms with Crippen LogP contribution in [0.2, 0.25) is 0 Å². The van der Waals surface area contributed by atoms with E-state index in [0.717, 1.165) is 35.7 Å². The van der Waals surface area contributed by atoms with Crippen LogP contribution in [0.5, 0.6) is 0 Å². The molecule has 3 aromatic heterocycles. The third-order valence-corrected chi connectivity index (χ3v) is 5.96. The van der Waals surface area contributed by atoms with Gasteiger partial charge in [-0.15, -0.1) is 11.3 Å². The first-order chi connectivity index (χ1) is 14.0. The summed E-state index contributed by atoms with van der Waals surface area (Å²) in [6.07, 6.45) is 5.77. The second kappa shape index (κ2) is 8.19. The second-order valence-corrected chi connectivity index (χ2v) is 8.59. The van der Waals surface area contributed by atoms with E-state index in [4.69, 9.17) is 5.26 Å². The zero-order chi connectivity index (χ0) is 20.4. The SMILES string of the molecule is Cc1cn2cc(CNC(=O)c3ccc(CN4CCC[C@H](C#N)C4)[nH]c3=O)nc2s1. The van der Waals surface area contributed by atoms with E-state index < -0.39 is 11.5 Å². The number of hydrogen-bond donors (Lipinski definition) is 2. The van der Waals surface area contributed by atoms with Gasteiger partial charge in [0.05, 0.1) is 24.2 Å². The largest absolute Gasteiger partial charge is 0.346 e. The number of carbonyl (C=O) groups excluding carboxylic acids is 1. The molecule has 29 heavy (non-hydrogen) atoms. The van der Waals surface area contributed by atoms with Crippen LogP contribution in [0.25, 0.3) is 4.96 Å². The van der Waals surface area contributed by atoms with Gasteiger partial charge in [0.15, 0.2) is 4.96 Å². The summed E-state index contributed by atoms with van der Waals surface area (Å²) in [5.74, 6) is -0.379. The average molecular weight is 411 g/mol. The first-order valence-corrected chi connectivity index (χ1v) is 10.4. The van der Waals surface area contributed by atoms with Gasteiger partial charge in [-0.05, 0) is 38.4 Å². The lowest BCUT2D eigenvalue weighted by Gasteiger charge is -2.29. The maximum atomic E-state index is 12.4. The summed E-state index contributed by atoms with van der Waals surface area (Å²) in [6.45, 7) is 4.47. The van der Waals surface area contributed by atoms with E-state index in [0.29, 0.717) is 13.1 Å². The van der Waals surface area contributed by atoms with Crippen molar-refractivity contribution in [3.05, 3.63) is 56.7 Å². The first-order valence-electron chi connectivity index (χ1n) is 9.58. The van der Waals surface area contributed by atoms with Crippen molar-refractivity contribution < 1.29 is 4.79 Å². The van der Waals surface area contributed by atoms with E-state index in [-0.39, 0.29) is 18.0 Å². The van der Waals surface area contributed by atoms with Gasteiger partial charge in [-0.25, -0.2) is 4.98 Å². The number of thiazole rings is 1. The summed E-state index contributed by atoms with van der Waals surface area (Å²) in [6, 6.07) is 5.64. The highest BCUT2D eigenvalue weighted by atomic mass is 32.1. The molecular weight excluding hydrogens is 388 g/mol. The minimum Gasteiger partial charge on any atom is -0.346 e. The van der Waals surface area contributed by atoms with Crippen LogP contribution < -0.4 is 10.9 Å². The molecule has 1 atom stereocenters. The number of carbonyl (C=O) groups is 1. The third-order valence-electron chi connectivity index (χ3n) is 5.05. The second-order valence-electron chi connectivity index (χ2n) is 7.38. The van der Waals surface area contributed by atoms with Crippen LogP contribution >= 0.6 is 11.3 Å². The number of aromatic amines is 1. The molecule has 8 nitrogen and oxygen atoms in total. The predicted octanol–water partition coefficient (Wildman–Crippen LogP) is 2.06. The van der Waals surface area contributed by atoms with Gasteiger partial charge < -0.3 is 10.3 Å². The Kier molecular flexibility index (Phi) is 5.47. The van der Waals surface area contributed by atoms with E-state index in [2.05, 4.69) is 26.3 Å². The van der Waals surface area contributed by atoms with Crippen molar-refractivity contribution in [2.45, 2.75) is 32.9 Å². The number of nitrogens with one attached hydrogen (secondary N) is 2. The van der Waals surface area contributed by atoms with E-state index in [1.807, 2.05) is 23.7 Å². The molecule has 4 heterocycles. The number of likely N-dealkylation sites (tertiary alicyclic amines) is 1. The van der Waals surface area contributed by atoms with Crippen LogP contribution in [-0.4, -0.2) is 38.3 Å². The fourth-order valence-corrected chi connectivity index (χ4v) is 4.47. The summed E-state index contributed by atoms with van der Waals surface area (Å²) < 4.78 is 1.93. The quantitative estimate of drug-likeness (QED) is 0.670. The molecule has 4 rings (SSSR count). The monoisotopic (exact) mass is 410 g/mol. The van der Waals surface area contributed by atoms with Crippen LogP contribution in [0.1, 0.15) is 39.5 Å². The number of pyridine rings is 1. The van der Waals surface area contributed by atoms with E-state index in [1.165, 1.54) is 4.88 Å². The molecule has 0 aromatic carbocycles. The predicted molar refractivity (Wildman–Crippen MR) is 110 cm³/mol. The van der Waals surface area contributed by atoms with Crippen molar-refractivity contribution in [2.75, 3.05) is 13.1 Å². The zero-order valence-electron chi connectivity index (χ0n) is 16.1. The van der Waals surface area contributed by atoms with Gasteiger partial charge in [-0.2, -0.15) is 5.26 Å². The lowest BCUT2D eigenvalue weighted by molar-refractivity contribution is 0.0949. The van der Waals surface area contributed by atoms with E-state index >= 15 is 0 Å². The van der Waals surface area contributed by atoms with Gasteiger partial charge >= 0.3 is 0 Å². The van der Waals surface area contributed by atoms with Gasteiger partial charge in [0.2, 0.25) is 0 Å². The Hall–Kier alpha value is -2.96. The molecule has 1 aliphatic heterocycles. The van der Waals surface area contributed by atoms with Gasteiger partial charge in [0, 0.05) is 36.1 Å². The molecule has 0 saturated carbocycles. The summed E-state index contributed by atoms with van der Waals surface area (Å²) in [4.78, 5) is 36.3. The standard InChI is InChI=1S/C20H22N6O2S/c1-13-9-26-12-16(24-20(26)29-13)8-22-18(27)17-5-4-15(23-19(17)28)11-25-6-2-3-14(7-21)10-25/h4-5,9,12,14H,2-3,6,8,10-11H2,1H3,(H,22,27)(H,23,28)/t14-/m1/s1. The normalized spacial score (nSPS) is 17.3. The van der Waals surface area contributed by atoms with Crippen molar-refractivity contribution in [3.63, 3.8) is 0 Å². The molecule has 2 N–H and O–H groups in total. The molecule has 0 unspecified atom stereocenters. The number of rotatable bonds is 5. The average Bonchev–Trinajstić information content (AvgIpc) is 3.23. The minimum absolute atomic E-state index is 0.0441. The summed E-state index contributed by atoms with van der Waals surface area (Å²) in [5.41, 5.74) is 1.17. The molecule has 0 radical (unpaired) electrons. The number of amides is 1. The lowest BCUT2D eigenvalue weighted by Crippen LogP contribution is -2.35. The number of nitrogens with zero attached hydrogens (tertiary/aromatic N) is 4. The van der Waals surface area contributed by atoms with Crippen molar-refractivity contribution in [3.8, 4) is 6.07 Å². The van der Waals surface area contributed by atoms with Crippen LogP contribution in [-0.2, 0) is 13.1 Å². The van der Waals surface area contributed by atoms with Crippen molar-refractivity contribution in [1.82, 2.24) is 24.6 Å². The number of aromatic nitrogens is 3. The number of fused-ring (bicyclic) bond motifs is 1. The number of aryl methyl sites for hydroxylation is 1. The highest BCUT2D eigenvalue weighted by Crippen LogP contribution is 2.18. The molecular formula is C20H22N6O2S. The number of hydrogen-bond acceptors (Lipinski definition) is 6. The first kappa shape index (κ1) is 19.4. The van der Waals surface area contributed by atoms with Crippen molar-refractivity contribution in [2.24, 2.45) is 5.92 Å². The van der Waals surface area contributed by atoms with Gasteiger partial charge in [0.1, 0.15) is 5.56 Å². The molecule has 3 aromatic rings. The Morgan fingerprint density at radius 3 is 3.07 bits per heavy atom. The molecule has 0 bridgehead atoms. The van der Waals surface area contributed by atoms with Crippen LogP contribution in [0.3, 0.4) is 0 Å². The number of nitriles is 1. The van der Waals surface area contributed by atoms with Crippen LogP contribution in [0, 0.1) is 24.2 Å². The van der Waals surface area contributed by atoms with Crippen LogP contribution in [0.4, 0.5) is 0 Å². The van der Waals surface area contributed by atoms with Crippen molar-refractivity contribution in [1.29, 1.82) is 5.26 Å². The molecule has 9 heteroatoms.